The van der Waals surface area contributed by atoms with Gasteiger partial charge in [-0.25, -0.2) is 9.97 Å². The van der Waals surface area contributed by atoms with Gasteiger partial charge >= 0.3 is 88.7 Å². The first-order valence-electron chi connectivity index (χ1n) is 12.7. The van der Waals surface area contributed by atoms with Crippen molar-refractivity contribution in [2.45, 2.75) is 15.8 Å². The smallest absolute Gasteiger partial charge is 0.543 e. The number of aromatic carboxylic acids is 1. The molecule has 17 nitrogen and oxygen atoms in total. The van der Waals surface area contributed by atoms with Crippen molar-refractivity contribution in [3.63, 3.8) is 0 Å². The molecule has 3 aromatic rings. The summed E-state index contributed by atoms with van der Waals surface area (Å²) in [5.74, 6) is -8.61. The van der Waals surface area contributed by atoms with Crippen LogP contribution in [0.3, 0.4) is 0 Å². The number of phenolic OH excluding ortho intramolecular Hbond substituents is 2. The number of carbonyl (C=O) groups is 5. The van der Waals surface area contributed by atoms with Gasteiger partial charge in [0.15, 0.2) is 32.4 Å². The van der Waals surface area contributed by atoms with Crippen LogP contribution in [0.15, 0.2) is 56.7 Å². The molecule has 0 bridgehead atoms. The number of aromatic hydroxyl groups is 2. The molecule has 244 valence electrons. The standard InChI is InChI=1S/C26H20N6O11S4.3Na/c1-8(22(37)38)43-31-14(11-7-45-25(27)28-11)19(35)29-16-20(36)32-17(24(41)42)10(5-44-21(16)32)6-46-26-30-15(23(39)40)18(47-26)9-2-3-12(33)13(34)4-9;;;/h2-4,7,16,21,33-34H,1,5-6H2,(H2,27,28)(H,29,35)(H,37,38)(H,39,40)(H,41,42);;;/q;3*+1/p-3/b31-14+;;;/t16-,21-;;;/m1.../s1. The van der Waals surface area contributed by atoms with Crippen LogP contribution in [0.25, 0.3) is 10.4 Å². The van der Waals surface area contributed by atoms with Crippen LogP contribution in [0.2, 0.25) is 0 Å². The van der Waals surface area contributed by atoms with Crippen molar-refractivity contribution < 1.29 is 143 Å². The number of nitrogens with one attached hydrogen (secondary N) is 1. The van der Waals surface area contributed by atoms with E-state index in [0.29, 0.717) is 0 Å². The molecule has 1 saturated heterocycles. The van der Waals surface area contributed by atoms with E-state index in [2.05, 4.69) is 31.9 Å². The van der Waals surface area contributed by atoms with E-state index < -0.39 is 75.5 Å². The molecule has 2 aliphatic heterocycles. The van der Waals surface area contributed by atoms with Crippen LogP contribution in [0.4, 0.5) is 5.13 Å². The maximum Gasteiger partial charge on any atom is 1.00 e. The largest absolute Gasteiger partial charge is 1.00 e. The van der Waals surface area contributed by atoms with E-state index in [0.717, 1.165) is 57.2 Å². The van der Waals surface area contributed by atoms with Crippen LogP contribution < -0.4 is 115 Å². The van der Waals surface area contributed by atoms with Gasteiger partial charge in [-0.2, -0.15) is 0 Å². The van der Waals surface area contributed by atoms with Crippen molar-refractivity contribution in [1.82, 2.24) is 20.2 Å². The Morgan fingerprint density at radius 1 is 1.12 bits per heavy atom. The number of oxime groups is 1. The maximum absolute atomic E-state index is 13.2. The number of hydrogen-bond donors (Lipinski definition) is 4. The number of phenols is 2. The van der Waals surface area contributed by atoms with Gasteiger partial charge in [0, 0.05) is 16.9 Å². The Morgan fingerprint density at radius 3 is 2.40 bits per heavy atom. The normalized spacial score (nSPS) is 16.4. The average molecular weight is 787 g/mol. The molecule has 0 unspecified atom stereocenters. The van der Waals surface area contributed by atoms with Gasteiger partial charge in [-0.3, -0.25) is 14.5 Å². The van der Waals surface area contributed by atoms with Gasteiger partial charge in [0.1, 0.15) is 28.8 Å². The third-order valence-electron chi connectivity index (χ3n) is 6.39. The zero-order valence-electron chi connectivity index (χ0n) is 26.2. The number of carboxylic acid groups (broad SMARTS) is 3. The molecule has 50 heavy (non-hydrogen) atoms. The fraction of sp³-hybridized carbons (Fsp3) is 0.154. The number of carbonyl (C=O) groups excluding carboxylic acids is 5. The SMILES string of the molecule is C=C(O/N=C(/C(=O)N[C@@H]1C(=O)N2C(C(=O)[O-])=C(CSc3nc(C(=O)[O-])c(-c4ccc(O)c(O)c4)s3)CS[C@H]12)c1csc(N)n1)C(=O)[O-].[Na+].[Na+].[Na+]. The molecule has 0 spiro atoms. The number of amides is 2. The Labute approximate surface area is 364 Å². The molecular formula is C26H17N6Na3O11S4. The topological polar surface area (TPSA) is 284 Å². The predicted octanol–water partition coefficient (Wildman–Crippen LogP) is -11.2. The summed E-state index contributed by atoms with van der Waals surface area (Å²) in [5.41, 5.74) is 4.64. The number of hydrogen-bond acceptors (Lipinski definition) is 19. The van der Waals surface area contributed by atoms with Crippen LogP contribution in [0, 0.1) is 0 Å². The van der Waals surface area contributed by atoms with Gasteiger partial charge < -0.3 is 55.8 Å². The van der Waals surface area contributed by atoms with Gasteiger partial charge in [0.2, 0.25) is 0 Å². The minimum atomic E-state index is -1.79. The average Bonchev–Trinajstić information content (AvgIpc) is 3.66. The summed E-state index contributed by atoms with van der Waals surface area (Å²) in [5, 5.41) is 60.7. The minimum Gasteiger partial charge on any atom is -0.543 e. The van der Waals surface area contributed by atoms with Crippen molar-refractivity contribution in [2.24, 2.45) is 5.16 Å². The number of nitrogen functional groups attached to an aromatic ring is 1. The Hall–Kier alpha value is -2.12. The minimum absolute atomic E-state index is 0. The van der Waals surface area contributed by atoms with Crippen LogP contribution >= 0.6 is 46.2 Å². The van der Waals surface area contributed by atoms with Gasteiger partial charge in [-0.15, -0.1) is 34.4 Å². The Kier molecular flexibility index (Phi) is 16.4. The van der Waals surface area contributed by atoms with Crippen molar-refractivity contribution >= 4 is 86.8 Å². The number of nitrogens with two attached hydrogens (primary N) is 1. The van der Waals surface area contributed by atoms with Crippen molar-refractivity contribution in [3.05, 3.63) is 58.6 Å². The van der Waals surface area contributed by atoms with E-state index in [1.165, 1.54) is 17.5 Å². The van der Waals surface area contributed by atoms with Gasteiger partial charge in [0.25, 0.3) is 11.8 Å². The molecule has 2 atom stereocenters. The first-order chi connectivity index (χ1) is 22.3. The number of nitrogens with zero attached hydrogens (tertiary/aromatic N) is 4. The van der Waals surface area contributed by atoms with Crippen molar-refractivity contribution in [1.29, 1.82) is 0 Å². The molecule has 2 amide bonds. The number of carboxylic acids is 3. The second-order valence-electron chi connectivity index (χ2n) is 9.35. The summed E-state index contributed by atoms with van der Waals surface area (Å²) in [6.07, 6.45) is 0. The van der Waals surface area contributed by atoms with Crippen LogP contribution in [-0.2, 0) is 24.0 Å². The van der Waals surface area contributed by atoms with E-state index in [1.54, 1.807) is 0 Å². The van der Waals surface area contributed by atoms with E-state index >= 15 is 0 Å². The third-order valence-corrected chi connectivity index (χ3v) is 10.7. The molecule has 5 N–H and O–H groups in total. The molecule has 24 heteroatoms. The number of thiazole rings is 2. The zero-order chi connectivity index (χ0) is 34.2. The Bertz CT molecular complexity index is 1940. The van der Waals surface area contributed by atoms with Crippen molar-refractivity contribution in [2.75, 3.05) is 17.2 Å². The zero-order valence-corrected chi connectivity index (χ0v) is 35.4. The summed E-state index contributed by atoms with van der Waals surface area (Å²) in [7, 11) is 0. The molecule has 1 fully saturated rings. The van der Waals surface area contributed by atoms with E-state index in [4.69, 9.17) is 5.73 Å². The number of β-lactam (4-membered cyclic amide) rings is 1. The predicted molar refractivity (Wildman–Crippen MR) is 161 cm³/mol. The summed E-state index contributed by atoms with van der Waals surface area (Å²) < 4.78 is 0.210. The summed E-state index contributed by atoms with van der Waals surface area (Å²) >= 11 is 3.99. The molecule has 0 saturated carbocycles. The molecular weight excluding hydrogens is 770 g/mol. The number of thioether (sulfide) groups is 2. The van der Waals surface area contributed by atoms with Crippen LogP contribution in [0.5, 0.6) is 11.5 Å². The van der Waals surface area contributed by atoms with E-state index in [9.17, 15) is 49.5 Å². The van der Waals surface area contributed by atoms with E-state index in [-0.39, 0.29) is 131 Å². The molecule has 1 aromatic carbocycles. The fourth-order valence-electron chi connectivity index (χ4n) is 4.24. The molecule has 0 radical (unpaired) electrons. The second kappa shape index (κ2) is 18.6. The van der Waals surface area contributed by atoms with Gasteiger partial charge in [-0.1, -0.05) is 23.5 Å². The molecule has 4 heterocycles. The molecule has 2 aliphatic rings. The fourth-order valence-corrected chi connectivity index (χ4v) is 8.40. The second-order valence-corrected chi connectivity index (χ2v) is 13.6. The first-order valence-corrected chi connectivity index (χ1v) is 16.4. The summed E-state index contributed by atoms with van der Waals surface area (Å²) in [6.45, 7) is 3.09. The Morgan fingerprint density at radius 2 is 1.82 bits per heavy atom. The maximum atomic E-state index is 13.2. The number of benzene rings is 1. The number of aliphatic carboxylic acids is 2. The van der Waals surface area contributed by atoms with E-state index in [1.807, 2.05) is 0 Å². The van der Waals surface area contributed by atoms with Crippen LogP contribution in [0.1, 0.15) is 16.2 Å². The summed E-state index contributed by atoms with van der Waals surface area (Å²) in [6, 6.07) is 2.48. The number of anilines is 1. The molecule has 0 aliphatic carbocycles. The molecule has 5 rings (SSSR count). The quantitative estimate of drug-likeness (QED) is 0.0194. The van der Waals surface area contributed by atoms with Gasteiger partial charge in [-0.05, 0) is 29.3 Å². The summed E-state index contributed by atoms with van der Waals surface area (Å²) in [4.78, 5) is 74.8. The molecule has 2 aromatic heterocycles. The Balaban J connectivity index is 0.00000289. The van der Waals surface area contributed by atoms with Crippen LogP contribution in [-0.4, -0.2) is 83.4 Å². The third kappa shape index (κ3) is 9.45. The number of aromatic nitrogens is 2. The first kappa shape index (κ1) is 44.0. The van der Waals surface area contributed by atoms with Crippen molar-refractivity contribution in [3.8, 4) is 21.9 Å². The number of rotatable bonds is 12. The van der Waals surface area contributed by atoms with Gasteiger partial charge in [0.05, 0.1) is 22.5 Å². The number of fused-ring (bicyclic) bond motifs is 1. The monoisotopic (exact) mass is 786 g/mol.